The van der Waals surface area contributed by atoms with Crippen LogP contribution in [0.2, 0.25) is 5.02 Å². The van der Waals surface area contributed by atoms with E-state index in [1.165, 1.54) is 25.0 Å². The monoisotopic (exact) mass is 527 g/mol. The van der Waals surface area contributed by atoms with E-state index in [1.54, 1.807) is 6.07 Å². The molecule has 3 N–H and O–H groups in total. The lowest BCUT2D eigenvalue weighted by molar-refractivity contribution is -0.130. The van der Waals surface area contributed by atoms with E-state index in [4.69, 9.17) is 16.3 Å². The number of fused-ring (bicyclic) bond motifs is 1. The Morgan fingerprint density at radius 2 is 1.65 bits per heavy atom. The quantitative estimate of drug-likeness (QED) is 0.332. The Balaban J connectivity index is 1.46. The van der Waals surface area contributed by atoms with Crippen LogP contribution in [0.15, 0.2) is 42.5 Å². The maximum Gasteiger partial charge on any atom is 0.227 e. The Bertz CT molecular complexity index is 1070. The summed E-state index contributed by atoms with van der Waals surface area (Å²) in [7, 11) is 0. The largest absolute Gasteiger partial charge is 0.491 e. The first-order valence-corrected chi connectivity index (χ1v) is 14.4. The molecule has 0 bridgehead atoms. The molecule has 2 aromatic carbocycles. The zero-order valence-electron chi connectivity index (χ0n) is 21.7. The van der Waals surface area contributed by atoms with E-state index in [0.717, 1.165) is 62.8 Å². The van der Waals surface area contributed by atoms with Crippen molar-refractivity contribution >= 4 is 28.9 Å². The van der Waals surface area contributed by atoms with Gasteiger partial charge in [-0.2, -0.15) is 0 Å². The van der Waals surface area contributed by atoms with Gasteiger partial charge in [-0.25, -0.2) is 4.39 Å². The summed E-state index contributed by atoms with van der Waals surface area (Å²) in [5.74, 6) is 0.455. The lowest BCUT2D eigenvalue weighted by atomic mass is 9.71. The first-order chi connectivity index (χ1) is 17.9. The summed E-state index contributed by atoms with van der Waals surface area (Å²) >= 11 is 6.06. The Hall–Kier alpha value is -2.47. The van der Waals surface area contributed by atoms with Gasteiger partial charge in [-0.15, -0.1) is 0 Å². The number of hydrogen-bond acceptors (Lipinski definition) is 4. The molecule has 1 heterocycles. The average Bonchev–Trinajstić information content (AvgIpc) is 3.24. The SMILES string of the molecule is CC(CC1(C(C(=O)NC2CCCCC2)C2CCCCC2)Nc2ccc(F)cc2N1)Oc1ccc(Cl)cc1. The molecular formula is C30H39ClFN3O2. The molecule has 1 aliphatic heterocycles. The topological polar surface area (TPSA) is 62.4 Å². The average molecular weight is 528 g/mol. The standard InChI is InChI=1S/C30H39ClFN3O2/c1-20(37-25-15-12-22(31)13-16-25)19-30(34-26-17-14-23(32)18-27(26)35-30)28(21-8-4-2-5-9-21)29(36)33-24-10-6-3-7-11-24/h12-18,20-21,24,28,34-35H,2-11,19H2,1H3,(H,33,36). The smallest absolute Gasteiger partial charge is 0.227 e. The van der Waals surface area contributed by atoms with Crippen LogP contribution in [0.5, 0.6) is 5.75 Å². The first-order valence-electron chi connectivity index (χ1n) is 14.0. The van der Waals surface area contributed by atoms with Gasteiger partial charge in [0.1, 0.15) is 17.2 Å². The van der Waals surface area contributed by atoms with Crippen molar-refractivity contribution in [2.24, 2.45) is 11.8 Å². The van der Waals surface area contributed by atoms with Gasteiger partial charge in [0.25, 0.3) is 0 Å². The van der Waals surface area contributed by atoms with Crippen molar-refractivity contribution in [3.05, 3.63) is 53.3 Å². The van der Waals surface area contributed by atoms with E-state index >= 15 is 0 Å². The lowest BCUT2D eigenvalue weighted by Gasteiger charge is -2.44. The van der Waals surface area contributed by atoms with Crippen LogP contribution in [0.3, 0.4) is 0 Å². The normalized spacial score (nSPS) is 23.9. The molecule has 200 valence electrons. The summed E-state index contributed by atoms with van der Waals surface area (Å²) < 4.78 is 20.5. The maximum atomic E-state index is 14.2. The molecule has 2 aliphatic carbocycles. The summed E-state index contributed by atoms with van der Waals surface area (Å²) in [5, 5.41) is 11.4. The van der Waals surface area contributed by atoms with Gasteiger partial charge in [0.2, 0.25) is 5.91 Å². The molecule has 0 aromatic heterocycles. The van der Waals surface area contributed by atoms with E-state index in [0.29, 0.717) is 17.1 Å². The number of anilines is 2. The molecule has 0 radical (unpaired) electrons. The first kappa shape index (κ1) is 26.1. The van der Waals surface area contributed by atoms with Gasteiger partial charge >= 0.3 is 0 Å². The van der Waals surface area contributed by atoms with Gasteiger partial charge in [0.15, 0.2) is 0 Å². The molecule has 2 aromatic rings. The minimum atomic E-state index is -0.789. The van der Waals surface area contributed by atoms with Crippen LogP contribution in [0.4, 0.5) is 15.8 Å². The summed E-state index contributed by atoms with van der Waals surface area (Å²) in [6.07, 6.45) is 11.5. The van der Waals surface area contributed by atoms with Crippen molar-refractivity contribution in [3.63, 3.8) is 0 Å². The number of nitrogens with one attached hydrogen (secondary N) is 3. The van der Waals surface area contributed by atoms with Crippen LogP contribution in [-0.4, -0.2) is 23.7 Å². The molecule has 3 atom stereocenters. The minimum absolute atomic E-state index is 0.103. The van der Waals surface area contributed by atoms with E-state index in [2.05, 4.69) is 16.0 Å². The molecule has 3 aliphatic rings. The van der Waals surface area contributed by atoms with E-state index in [-0.39, 0.29) is 35.7 Å². The lowest BCUT2D eigenvalue weighted by Crippen LogP contribution is -2.60. The maximum absolute atomic E-state index is 14.2. The summed E-state index contributed by atoms with van der Waals surface area (Å²) in [6.45, 7) is 2.03. The number of carbonyl (C=O) groups is 1. The van der Waals surface area contributed by atoms with Crippen LogP contribution in [0.1, 0.15) is 77.6 Å². The molecule has 5 rings (SSSR count). The highest BCUT2D eigenvalue weighted by Gasteiger charge is 2.51. The van der Waals surface area contributed by atoms with Crippen LogP contribution >= 0.6 is 11.6 Å². The van der Waals surface area contributed by atoms with E-state index in [9.17, 15) is 9.18 Å². The van der Waals surface area contributed by atoms with E-state index < -0.39 is 5.66 Å². The molecule has 3 unspecified atom stereocenters. The zero-order valence-corrected chi connectivity index (χ0v) is 22.5. The van der Waals surface area contributed by atoms with Gasteiger partial charge < -0.3 is 20.7 Å². The van der Waals surface area contributed by atoms with Gasteiger partial charge in [-0.1, -0.05) is 50.1 Å². The fourth-order valence-corrected chi connectivity index (χ4v) is 6.84. The van der Waals surface area contributed by atoms with Gasteiger partial charge in [0, 0.05) is 17.5 Å². The van der Waals surface area contributed by atoms with Gasteiger partial charge in [-0.3, -0.25) is 4.79 Å². The second-order valence-electron chi connectivity index (χ2n) is 11.2. The molecule has 5 nitrogen and oxygen atoms in total. The van der Waals surface area contributed by atoms with Crippen LogP contribution in [0.25, 0.3) is 0 Å². The third kappa shape index (κ3) is 6.17. The third-order valence-corrected chi connectivity index (χ3v) is 8.60. The Labute approximate surface area is 224 Å². The molecule has 0 spiro atoms. The van der Waals surface area contributed by atoms with Crippen molar-refractivity contribution < 1.29 is 13.9 Å². The Morgan fingerprint density at radius 3 is 2.35 bits per heavy atom. The van der Waals surface area contributed by atoms with Crippen molar-refractivity contribution in [2.45, 2.75) is 95.4 Å². The van der Waals surface area contributed by atoms with Crippen molar-refractivity contribution in [1.29, 1.82) is 0 Å². The molecule has 2 fully saturated rings. The minimum Gasteiger partial charge on any atom is -0.491 e. The second kappa shape index (κ2) is 11.5. The Kier molecular flexibility index (Phi) is 8.13. The molecule has 0 saturated heterocycles. The van der Waals surface area contributed by atoms with Gasteiger partial charge in [-0.05, 0) is 81.0 Å². The number of benzene rings is 2. The van der Waals surface area contributed by atoms with Crippen molar-refractivity contribution in [1.82, 2.24) is 5.32 Å². The van der Waals surface area contributed by atoms with Crippen LogP contribution in [0, 0.1) is 17.7 Å². The highest BCUT2D eigenvalue weighted by molar-refractivity contribution is 6.30. The molecule has 1 amide bonds. The fraction of sp³-hybridized carbons (Fsp3) is 0.567. The zero-order chi connectivity index (χ0) is 25.8. The molecular weight excluding hydrogens is 489 g/mol. The number of hydrogen-bond donors (Lipinski definition) is 3. The summed E-state index contributed by atoms with van der Waals surface area (Å²) in [5.41, 5.74) is 0.735. The predicted molar refractivity (Wildman–Crippen MR) is 148 cm³/mol. The number of amides is 1. The van der Waals surface area contributed by atoms with Crippen LogP contribution in [-0.2, 0) is 4.79 Å². The Morgan fingerprint density at radius 1 is 1.00 bits per heavy atom. The molecule has 2 saturated carbocycles. The van der Waals surface area contributed by atoms with Gasteiger partial charge in [0.05, 0.1) is 23.4 Å². The molecule has 7 heteroatoms. The van der Waals surface area contributed by atoms with Crippen molar-refractivity contribution in [3.8, 4) is 5.75 Å². The highest BCUT2D eigenvalue weighted by atomic mass is 35.5. The number of carbonyl (C=O) groups excluding carboxylic acids is 1. The second-order valence-corrected chi connectivity index (χ2v) is 11.7. The van der Waals surface area contributed by atoms with Crippen LogP contribution < -0.4 is 20.7 Å². The third-order valence-electron chi connectivity index (χ3n) is 8.34. The highest BCUT2D eigenvalue weighted by Crippen LogP contribution is 2.46. The number of rotatable bonds is 8. The molecule has 37 heavy (non-hydrogen) atoms. The summed E-state index contributed by atoms with van der Waals surface area (Å²) in [6, 6.07) is 12.3. The number of halogens is 2. The fourth-order valence-electron chi connectivity index (χ4n) is 6.71. The number of ether oxygens (including phenoxy) is 1. The summed E-state index contributed by atoms with van der Waals surface area (Å²) in [4.78, 5) is 14.2. The van der Waals surface area contributed by atoms with Crippen molar-refractivity contribution in [2.75, 3.05) is 10.6 Å². The van der Waals surface area contributed by atoms with E-state index in [1.807, 2.05) is 31.2 Å². The predicted octanol–water partition coefficient (Wildman–Crippen LogP) is 7.52.